The number of aliphatic hydroxyl groups excluding tert-OH is 1. The number of amides is 1. The number of hydrogen-bond donors (Lipinski definition) is 1. The summed E-state index contributed by atoms with van der Waals surface area (Å²) in [6, 6.07) is 4.46. The number of piperidine rings is 1. The number of aliphatic hydroxyl groups is 1. The average molecular weight is 287 g/mol. The van der Waals surface area contributed by atoms with E-state index in [1.54, 1.807) is 0 Å². The highest BCUT2D eigenvalue weighted by Gasteiger charge is 2.40. The molecule has 2 unspecified atom stereocenters. The highest BCUT2D eigenvalue weighted by Crippen LogP contribution is 2.38. The minimum Gasteiger partial charge on any atom is -0.395 e. The zero-order valence-electron chi connectivity index (χ0n) is 11.8. The van der Waals surface area contributed by atoms with Gasteiger partial charge in [0, 0.05) is 24.6 Å². The number of rotatable bonds is 2. The number of nitrogens with zero attached hydrogens (tertiary/aromatic N) is 1. The topological polar surface area (TPSA) is 40.5 Å². The third-order valence-electron chi connectivity index (χ3n) is 4.34. The molecule has 1 N–H and O–H groups in total. The summed E-state index contributed by atoms with van der Waals surface area (Å²) in [6.07, 6.45) is 3.70. The predicted octanol–water partition coefficient (Wildman–Crippen LogP) is 2.18. The molecule has 1 aliphatic heterocycles. The maximum atomic E-state index is 13.4. The first-order valence-corrected chi connectivity index (χ1v) is 7.39. The Kier molecular flexibility index (Phi) is 3.94. The van der Waals surface area contributed by atoms with Gasteiger partial charge < -0.3 is 10.0 Å². The molecule has 2 atom stereocenters. The third-order valence-corrected chi connectivity index (χ3v) is 4.34. The maximum absolute atomic E-state index is 13.4. The molecule has 1 aromatic rings. The first kappa shape index (κ1) is 14.1. The van der Waals surface area contributed by atoms with Crippen LogP contribution in [0.5, 0.6) is 0 Å². The number of fused-ring (bicyclic) bond motifs is 2. The van der Waals surface area contributed by atoms with Gasteiger partial charge >= 0.3 is 0 Å². The molecule has 0 spiro atoms. The van der Waals surface area contributed by atoms with E-state index in [2.05, 4.69) is 11.8 Å². The molecular formula is C17H18FNO2. The molecule has 1 aromatic carbocycles. The summed E-state index contributed by atoms with van der Waals surface area (Å²) in [6.45, 7) is 0.770. The summed E-state index contributed by atoms with van der Waals surface area (Å²) in [5.74, 6) is 5.75. The Morgan fingerprint density at radius 2 is 2.29 bits per heavy atom. The van der Waals surface area contributed by atoms with Crippen molar-refractivity contribution in [3.8, 4) is 11.8 Å². The van der Waals surface area contributed by atoms with Crippen LogP contribution in [0.4, 0.5) is 4.39 Å². The Hall–Kier alpha value is -1.86. The molecule has 3 rings (SSSR count). The van der Waals surface area contributed by atoms with Crippen molar-refractivity contribution in [1.82, 2.24) is 4.90 Å². The second-order valence-electron chi connectivity index (χ2n) is 5.76. The van der Waals surface area contributed by atoms with Crippen LogP contribution in [0.1, 0.15) is 41.6 Å². The van der Waals surface area contributed by atoms with Crippen molar-refractivity contribution in [1.29, 1.82) is 0 Å². The molecule has 110 valence electrons. The highest BCUT2D eigenvalue weighted by molar-refractivity contribution is 5.97. The largest absolute Gasteiger partial charge is 0.395 e. The lowest BCUT2D eigenvalue weighted by molar-refractivity contribution is 0.0703. The third kappa shape index (κ3) is 2.79. The van der Waals surface area contributed by atoms with Crippen molar-refractivity contribution in [2.24, 2.45) is 5.92 Å². The minimum atomic E-state index is -0.400. The van der Waals surface area contributed by atoms with Crippen molar-refractivity contribution in [3.05, 3.63) is 35.1 Å². The standard InChI is InChI=1S/C17H18FNO2/c18-14-5-7-16(13(10-14)3-1-2-8-20)17(21)19-11-12-4-6-15(19)9-12/h5,7,10,12,15,20H,2,4,6,8-9,11H2. The van der Waals surface area contributed by atoms with Crippen molar-refractivity contribution in [3.63, 3.8) is 0 Å². The van der Waals surface area contributed by atoms with Gasteiger partial charge in [-0.1, -0.05) is 11.8 Å². The van der Waals surface area contributed by atoms with Gasteiger partial charge in [-0.25, -0.2) is 4.39 Å². The Morgan fingerprint density at radius 3 is 2.95 bits per heavy atom. The lowest BCUT2D eigenvalue weighted by Crippen LogP contribution is -2.38. The molecule has 1 saturated heterocycles. The van der Waals surface area contributed by atoms with Gasteiger partial charge in [0.2, 0.25) is 0 Å². The quantitative estimate of drug-likeness (QED) is 0.847. The van der Waals surface area contributed by atoms with Crippen LogP contribution in [0, 0.1) is 23.6 Å². The fourth-order valence-corrected chi connectivity index (χ4v) is 3.35. The van der Waals surface area contributed by atoms with Crippen LogP contribution in [0.2, 0.25) is 0 Å². The smallest absolute Gasteiger partial charge is 0.255 e. The molecule has 2 aliphatic rings. The van der Waals surface area contributed by atoms with Crippen LogP contribution >= 0.6 is 0 Å². The molecule has 4 heteroatoms. The van der Waals surface area contributed by atoms with E-state index < -0.39 is 5.82 Å². The second kappa shape index (κ2) is 5.87. The first-order chi connectivity index (χ1) is 10.2. The summed E-state index contributed by atoms with van der Waals surface area (Å²) in [5, 5.41) is 8.77. The number of likely N-dealkylation sites (tertiary alicyclic amines) is 1. The minimum absolute atomic E-state index is 0.0402. The van der Waals surface area contributed by atoms with Gasteiger partial charge in [0.05, 0.1) is 12.2 Å². The van der Waals surface area contributed by atoms with Crippen molar-refractivity contribution < 1.29 is 14.3 Å². The molecule has 1 aliphatic carbocycles. The second-order valence-corrected chi connectivity index (χ2v) is 5.76. The number of carbonyl (C=O) groups excluding carboxylic acids is 1. The fraction of sp³-hybridized carbons (Fsp3) is 0.471. The molecule has 1 saturated carbocycles. The summed E-state index contributed by atoms with van der Waals surface area (Å²) in [5.41, 5.74) is 0.880. The van der Waals surface area contributed by atoms with Crippen LogP contribution in [-0.2, 0) is 0 Å². The van der Waals surface area contributed by atoms with Gasteiger partial charge in [-0.2, -0.15) is 0 Å². The zero-order chi connectivity index (χ0) is 14.8. The first-order valence-electron chi connectivity index (χ1n) is 7.39. The number of hydrogen-bond acceptors (Lipinski definition) is 2. The molecule has 0 aromatic heterocycles. The van der Waals surface area contributed by atoms with E-state index in [0.717, 1.165) is 19.4 Å². The summed E-state index contributed by atoms with van der Waals surface area (Å²) in [7, 11) is 0. The number of benzene rings is 1. The Bertz CT molecular complexity index is 617. The van der Waals surface area contributed by atoms with Crippen molar-refractivity contribution in [2.45, 2.75) is 31.7 Å². The van der Waals surface area contributed by atoms with Crippen molar-refractivity contribution >= 4 is 5.91 Å². The van der Waals surface area contributed by atoms with E-state index in [-0.39, 0.29) is 12.5 Å². The fourth-order valence-electron chi connectivity index (χ4n) is 3.35. The molecule has 2 fully saturated rings. The van der Waals surface area contributed by atoms with Crippen LogP contribution < -0.4 is 0 Å². The Morgan fingerprint density at radius 1 is 1.43 bits per heavy atom. The number of carbonyl (C=O) groups is 1. The Labute approximate surface area is 123 Å². The van der Waals surface area contributed by atoms with Crippen LogP contribution in [0.15, 0.2) is 18.2 Å². The van der Waals surface area contributed by atoms with E-state index in [1.165, 1.54) is 24.6 Å². The lowest BCUT2D eigenvalue weighted by Gasteiger charge is -2.27. The van der Waals surface area contributed by atoms with E-state index in [4.69, 9.17) is 5.11 Å². The van der Waals surface area contributed by atoms with Crippen LogP contribution in [0.3, 0.4) is 0 Å². The summed E-state index contributed by atoms with van der Waals surface area (Å²) >= 11 is 0. The summed E-state index contributed by atoms with van der Waals surface area (Å²) < 4.78 is 13.4. The number of halogens is 1. The normalized spacial score (nSPS) is 23.0. The summed E-state index contributed by atoms with van der Waals surface area (Å²) in [4.78, 5) is 14.6. The SMILES string of the molecule is O=C(c1ccc(F)cc1C#CCCO)N1CC2CCC1C2. The van der Waals surface area contributed by atoms with E-state index in [9.17, 15) is 9.18 Å². The Balaban J connectivity index is 1.87. The average Bonchev–Trinajstić information content (AvgIpc) is 3.10. The molecule has 1 heterocycles. The molecule has 2 bridgehead atoms. The molecule has 1 amide bonds. The molecule has 0 radical (unpaired) electrons. The maximum Gasteiger partial charge on any atom is 0.255 e. The molecule has 21 heavy (non-hydrogen) atoms. The van der Waals surface area contributed by atoms with Gasteiger partial charge in [-0.15, -0.1) is 0 Å². The van der Waals surface area contributed by atoms with Gasteiger partial charge in [0.15, 0.2) is 0 Å². The van der Waals surface area contributed by atoms with Crippen LogP contribution in [0.25, 0.3) is 0 Å². The van der Waals surface area contributed by atoms with Gasteiger partial charge in [-0.3, -0.25) is 4.79 Å². The zero-order valence-corrected chi connectivity index (χ0v) is 11.8. The highest BCUT2D eigenvalue weighted by atomic mass is 19.1. The van der Waals surface area contributed by atoms with Crippen LogP contribution in [-0.4, -0.2) is 35.1 Å². The van der Waals surface area contributed by atoms with Gasteiger partial charge in [-0.05, 0) is 43.4 Å². The molecular weight excluding hydrogens is 269 g/mol. The van der Waals surface area contributed by atoms with E-state index in [0.29, 0.717) is 29.5 Å². The van der Waals surface area contributed by atoms with Gasteiger partial charge in [0.25, 0.3) is 5.91 Å². The van der Waals surface area contributed by atoms with Gasteiger partial charge in [0.1, 0.15) is 5.82 Å². The van der Waals surface area contributed by atoms with Crippen molar-refractivity contribution in [2.75, 3.05) is 13.2 Å². The lowest BCUT2D eigenvalue weighted by atomic mass is 10.0. The monoisotopic (exact) mass is 287 g/mol. The molecule has 3 nitrogen and oxygen atoms in total. The predicted molar refractivity (Wildman–Crippen MR) is 77.1 cm³/mol. The van der Waals surface area contributed by atoms with E-state index >= 15 is 0 Å². The van der Waals surface area contributed by atoms with E-state index in [1.807, 2.05) is 4.90 Å².